The van der Waals surface area contributed by atoms with E-state index >= 15 is 0 Å². The van der Waals surface area contributed by atoms with E-state index in [0.717, 1.165) is 81.2 Å². The number of hydrogen-bond donors (Lipinski definition) is 1. The van der Waals surface area contributed by atoms with Gasteiger partial charge < -0.3 is 15.1 Å². The van der Waals surface area contributed by atoms with Gasteiger partial charge in [-0.2, -0.15) is 0 Å². The van der Waals surface area contributed by atoms with Gasteiger partial charge in [-0.15, -0.1) is 0 Å². The van der Waals surface area contributed by atoms with E-state index in [1.165, 1.54) is 0 Å². The van der Waals surface area contributed by atoms with Gasteiger partial charge in [-0.3, -0.25) is 9.69 Å². The molecule has 0 radical (unpaired) electrons. The molecule has 1 aromatic heterocycles. The summed E-state index contributed by atoms with van der Waals surface area (Å²) in [5.41, 5.74) is 0.980. The smallest absolute Gasteiger partial charge is 0.222 e. The molecular formula is C25H40N6O. The van der Waals surface area contributed by atoms with Crippen LogP contribution in [0.2, 0.25) is 0 Å². The first-order chi connectivity index (χ1) is 15.5. The Labute approximate surface area is 193 Å². The second-order valence-corrected chi connectivity index (χ2v) is 9.27. The van der Waals surface area contributed by atoms with Crippen LogP contribution in [-0.2, 0) is 11.3 Å². The summed E-state index contributed by atoms with van der Waals surface area (Å²) in [6.07, 6.45) is 2.70. The summed E-state index contributed by atoms with van der Waals surface area (Å²) in [5.74, 6) is 2.63. The highest BCUT2D eigenvalue weighted by Crippen LogP contribution is 2.21. The lowest BCUT2D eigenvalue weighted by Gasteiger charge is -2.34. The van der Waals surface area contributed by atoms with Crippen LogP contribution in [0.1, 0.15) is 45.9 Å². The number of amides is 1. The lowest BCUT2D eigenvalue weighted by atomic mass is 10.1. The van der Waals surface area contributed by atoms with Crippen molar-refractivity contribution in [1.82, 2.24) is 24.7 Å². The number of aromatic nitrogens is 2. The van der Waals surface area contributed by atoms with Gasteiger partial charge in [0.05, 0.1) is 12.1 Å². The van der Waals surface area contributed by atoms with Crippen molar-refractivity contribution in [3.05, 3.63) is 30.1 Å². The van der Waals surface area contributed by atoms with Crippen molar-refractivity contribution in [2.45, 2.75) is 46.6 Å². The first kappa shape index (κ1) is 24.4. The molecule has 0 bridgehead atoms. The Hall–Kier alpha value is -2.25. The first-order valence-corrected chi connectivity index (χ1v) is 12.1. The summed E-state index contributed by atoms with van der Waals surface area (Å²) in [6, 6.07) is 8.21. The number of hydrogen-bond acceptors (Lipinski definition) is 6. The minimum atomic E-state index is 0.292. The molecule has 0 spiro atoms. The molecule has 1 saturated heterocycles. The van der Waals surface area contributed by atoms with E-state index in [9.17, 15) is 4.79 Å². The van der Waals surface area contributed by atoms with Gasteiger partial charge in [0.2, 0.25) is 5.91 Å². The van der Waals surface area contributed by atoms with Gasteiger partial charge in [0.1, 0.15) is 11.6 Å². The zero-order valence-electron chi connectivity index (χ0n) is 20.3. The molecule has 32 heavy (non-hydrogen) atoms. The number of nitrogens with zero attached hydrogens (tertiary/aromatic N) is 5. The van der Waals surface area contributed by atoms with Crippen LogP contribution in [0.5, 0.6) is 0 Å². The van der Waals surface area contributed by atoms with Gasteiger partial charge in [-0.05, 0) is 51.0 Å². The van der Waals surface area contributed by atoms with Crippen LogP contribution in [0.3, 0.4) is 0 Å². The lowest BCUT2D eigenvalue weighted by molar-refractivity contribution is -0.133. The summed E-state index contributed by atoms with van der Waals surface area (Å²) in [4.78, 5) is 28.8. The topological polar surface area (TPSA) is 64.6 Å². The Kier molecular flexibility index (Phi) is 9.23. The van der Waals surface area contributed by atoms with Crippen LogP contribution >= 0.6 is 0 Å². The average molecular weight is 441 g/mol. The van der Waals surface area contributed by atoms with Crippen molar-refractivity contribution in [3.8, 4) is 0 Å². The molecule has 1 amide bonds. The average Bonchev–Trinajstić information content (AvgIpc) is 2.80. The Morgan fingerprint density at radius 3 is 2.62 bits per heavy atom. The summed E-state index contributed by atoms with van der Waals surface area (Å²) in [7, 11) is 2.15. The molecule has 0 atom stereocenters. The Morgan fingerprint density at radius 1 is 1.16 bits per heavy atom. The molecule has 0 unspecified atom stereocenters. The van der Waals surface area contributed by atoms with Crippen LogP contribution in [0.4, 0.5) is 5.82 Å². The number of para-hydroxylation sites is 1. The normalized spacial score (nSPS) is 15.1. The molecular weight excluding hydrogens is 400 g/mol. The quantitative estimate of drug-likeness (QED) is 0.540. The van der Waals surface area contributed by atoms with E-state index < -0.39 is 0 Å². The van der Waals surface area contributed by atoms with Gasteiger partial charge in [-0.25, -0.2) is 9.97 Å². The maximum absolute atomic E-state index is 12.4. The molecule has 176 valence electrons. The minimum absolute atomic E-state index is 0.292. The second kappa shape index (κ2) is 12.1. The van der Waals surface area contributed by atoms with Crippen LogP contribution in [0.15, 0.2) is 24.3 Å². The zero-order chi connectivity index (χ0) is 22.9. The fourth-order valence-corrected chi connectivity index (χ4v) is 3.97. The molecule has 0 aliphatic carbocycles. The summed E-state index contributed by atoms with van der Waals surface area (Å²) >= 11 is 0. The van der Waals surface area contributed by atoms with E-state index in [4.69, 9.17) is 9.97 Å². The number of anilines is 1. The van der Waals surface area contributed by atoms with Crippen molar-refractivity contribution in [3.63, 3.8) is 0 Å². The number of benzene rings is 1. The van der Waals surface area contributed by atoms with E-state index in [-0.39, 0.29) is 0 Å². The van der Waals surface area contributed by atoms with Crippen LogP contribution in [0, 0.1) is 5.92 Å². The van der Waals surface area contributed by atoms with E-state index in [0.29, 0.717) is 24.8 Å². The highest BCUT2D eigenvalue weighted by Gasteiger charge is 2.22. The second-order valence-electron chi connectivity index (χ2n) is 9.27. The van der Waals surface area contributed by atoms with Crippen molar-refractivity contribution in [2.24, 2.45) is 5.92 Å². The van der Waals surface area contributed by atoms with Gasteiger partial charge >= 0.3 is 0 Å². The molecule has 2 heterocycles. The van der Waals surface area contributed by atoms with Crippen molar-refractivity contribution in [2.75, 3.05) is 58.2 Å². The number of nitrogens with one attached hydrogen (secondary N) is 1. The number of rotatable bonds is 11. The fraction of sp³-hybridized carbons (Fsp3) is 0.640. The molecule has 1 aliphatic rings. The highest BCUT2D eigenvalue weighted by molar-refractivity contribution is 5.88. The lowest BCUT2D eigenvalue weighted by Crippen LogP contribution is -2.48. The van der Waals surface area contributed by atoms with Gasteiger partial charge in [0.25, 0.3) is 0 Å². The molecule has 7 nitrogen and oxygen atoms in total. The zero-order valence-corrected chi connectivity index (χ0v) is 20.3. The maximum atomic E-state index is 12.4. The predicted octanol–water partition coefficient (Wildman–Crippen LogP) is 3.46. The SMILES string of the molecule is CCN(C)CCCNc1nc(CN2CCN(C(=O)CCC(C)C)CC2)nc2ccccc12. The highest BCUT2D eigenvalue weighted by atomic mass is 16.2. The summed E-state index contributed by atoms with van der Waals surface area (Å²) in [6.45, 7) is 13.6. The summed E-state index contributed by atoms with van der Waals surface area (Å²) < 4.78 is 0. The third-order valence-corrected chi connectivity index (χ3v) is 6.22. The number of piperazine rings is 1. The molecule has 7 heteroatoms. The largest absolute Gasteiger partial charge is 0.369 e. The number of fused-ring (bicyclic) bond motifs is 1. The number of carbonyl (C=O) groups excluding carboxylic acids is 1. The van der Waals surface area contributed by atoms with Crippen LogP contribution in [0.25, 0.3) is 10.9 Å². The van der Waals surface area contributed by atoms with Gasteiger partial charge in [-0.1, -0.05) is 32.9 Å². The molecule has 0 saturated carbocycles. The standard InChI is InChI=1S/C25H40N6O/c1-5-29(4)14-8-13-26-25-21-9-6-7-10-22(21)27-23(28-25)19-30-15-17-31(18-16-30)24(32)12-11-20(2)3/h6-7,9-10,20H,5,8,11-19H2,1-4H3,(H,26,27,28). The Morgan fingerprint density at radius 2 is 1.91 bits per heavy atom. The predicted molar refractivity (Wildman–Crippen MR) is 132 cm³/mol. The van der Waals surface area contributed by atoms with Crippen molar-refractivity contribution in [1.29, 1.82) is 0 Å². The van der Waals surface area contributed by atoms with E-state index in [1.807, 2.05) is 17.0 Å². The van der Waals surface area contributed by atoms with E-state index in [1.54, 1.807) is 0 Å². The first-order valence-electron chi connectivity index (χ1n) is 12.1. The monoisotopic (exact) mass is 440 g/mol. The van der Waals surface area contributed by atoms with Crippen LogP contribution in [-0.4, -0.2) is 83.4 Å². The van der Waals surface area contributed by atoms with Crippen LogP contribution < -0.4 is 5.32 Å². The Balaban J connectivity index is 1.58. The molecule has 1 aromatic carbocycles. The maximum Gasteiger partial charge on any atom is 0.222 e. The fourth-order valence-electron chi connectivity index (χ4n) is 3.97. The molecule has 1 fully saturated rings. The number of carbonyl (C=O) groups is 1. The van der Waals surface area contributed by atoms with E-state index in [2.05, 4.69) is 55.1 Å². The molecule has 1 aliphatic heterocycles. The summed E-state index contributed by atoms with van der Waals surface area (Å²) in [5, 5.41) is 4.61. The van der Waals surface area contributed by atoms with Crippen molar-refractivity contribution < 1.29 is 4.79 Å². The Bertz CT molecular complexity index is 863. The third kappa shape index (κ3) is 7.14. The molecule has 2 aromatic rings. The van der Waals surface area contributed by atoms with Crippen molar-refractivity contribution >= 4 is 22.6 Å². The molecule has 1 N–H and O–H groups in total. The van der Waals surface area contributed by atoms with Gasteiger partial charge in [0, 0.05) is 44.5 Å². The molecule has 3 rings (SSSR count). The van der Waals surface area contributed by atoms with Gasteiger partial charge in [0.15, 0.2) is 0 Å². The third-order valence-electron chi connectivity index (χ3n) is 6.22. The minimum Gasteiger partial charge on any atom is -0.369 e.